The lowest BCUT2D eigenvalue weighted by molar-refractivity contribution is -0.122. The number of carbonyl (C=O) groups is 2. The van der Waals surface area contributed by atoms with E-state index in [4.69, 9.17) is 4.74 Å². The lowest BCUT2D eigenvalue weighted by Gasteiger charge is -2.34. The molecule has 1 rings (SSSR count). The van der Waals surface area contributed by atoms with Gasteiger partial charge in [-0.3, -0.25) is 9.69 Å². The molecule has 1 heterocycles. The largest absolute Gasteiger partial charge is 0.444 e. The average molecular weight is 241 g/mol. The van der Waals surface area contributed by atoms with Crippen LogP contribution in [-0.2, 0) is 9.53 Å². The molecule has 1 aliphatic rings. The van der Waals surface area contributed by atoms with Crippen LogP contribution in [0.15, 0.2) is 0 Å². The number of ketones is 1. The Balaban J connectivity index is 2.84. The maximum atomic E-state index is 12.0. The van der Waals surface area contributed by atoms with Gasteiger partial charge in [-0.05, 0) is 26.2 Å². The molecule has 1 saturated heterocycles. The van der Waals surface area contributed by atoms with Crippen LogP contribution in [0.3, 0.4) is 0 Å². The molecule has 17 heavy (non-hydrogen) atoms. The van der Waals surface area contributed by atoms with Crippen LogP contribution in [0.2, 0.25) is 0 Å². The molecule has 1 fully saturated rings. The number of nitrogens with zero attached hydrogens (tertiary/aromatic N) is 1. The second-order valence-corrected chi connectivity index (χ2v) is 6.66. The molecule has 0 aromatic rings. The van der Waals surface area contributed by atoms with E-state index in [0.29, 0.717) is 13.0 Å². The number of amides is 1. The number of ether oxygens (including phenoxy) is 1. The summed E-state index contributed by atoms with van der Waals surface area (Å²) in [5.74, 6) is 0.128. The number of hydrogen-bond acceptors (Lipinski definition) is 3. The van der Waals surface area contributed by atoms with Gasteiger partial charge in [0.25, 0.3) is 0 Å². The number of hydrogen-bond donors (Lipinski definition) is 0. The fourth-order valence-electron chi connectivity index (χ4n) is 2.14. The fourth-order valence-corrected chi connectivity index (χ4v) is 2.14. The van der Waals surface area contributed by atoms with Crippen molar-refractivity contribution in [3.05, 3.63) is 0 Å². The van der Waals surface area contributed by atoms with Crippen molar-refractivity contribution >= 4 is 11.9 Å². The molecule has 1 amide bonds. The van der Waals surface area contributed by atoms with Gasteiger partial charge in [0.1, 0.15) is 5.60 Å². The first-order valence-corrected chi connectivity index (χ1v) is 6.05. The van der Waals surface area contributed by atoms with Gasteiger partial charge in [-0.1, -0.05) is 20.8 Å². The van der Waals surface area contributed by atoms with Gasteiger partial charge in [0, 0.05) is 13.0 Å². The summed E-state index contributed by atoms with van der Waals surface area (Å²) in [6.45, 7) is 11.9. The van der Waals surface area contributed by atoms with Gasteiger partial charge in [0.05, 0.1) is 6.04 Å². The molecule has 0 radical (unpaired) electrons. The van der Waals surface area contributed by atoms with E-state index in [9.17, 15) is 9.59 Å². The highest BCUT2D eigenvalue weighted by atomic mass is 16.6. The first-order valence-electron chi connectivity index (χ1n) is 6.05. The number of rotatable bonds is 0. The summed E-state index contributed by atoms with van der Waals surface area (Å²) in [6.07, 6.45) is 0.0459. The molecule has 4 heteroatoms. The third kappa shape index (κ3) is 3.45. The summed E-state index contributed by atoms with van der Waals surface area (Å²) in [6, 6.07) is -0.364. The smallest absolute Gasteiger partial charge is 0.410 e. The van der Waals surface area contributed by atoms with E-state index in [0.717, 1.165) is 0 Å². The highest BCUT2D eigenvalue weighted by molar-refractivity contribution is 5.91. The highest BCUT2D eigenvalue weighted by Crippen LogP contribution is 2.31. The van der Waals surface area contributed by atoms with E-state index < -0.39 is 5.60 Å². The molecule has 98 valence electrons. The molecule has 0 N–H and O–H groups in total. The number of likely N-dealkylation sites (tertiary alicyclic amines) is 1. The Kier molecular flexibility index (Phi) is 3.55. The number of carbonyl (C=O) groups excluding carboxylic acids is 2. The van der Waals surface area contributed by atoms with Gasteiger partial charge in [0.2, 0.25) is 0 Å². The summed E-state index contributed by atoms with van der Waals surface area (Å²) >= 11 is 0. The average Bonchev–Trinajstić information content (AvgIpc) is 2.42. The quantitative estimate of drug-likeness (QED) is 0.655. The fraction of sp³-hybridized carbons (Fsp3) is 0.846. The Morgan fingerprint density at radius 3 is 2.18 bits per heavy atom. The van der Waals surface area contributed by atoms with E-state index in [1.54, 1.807) is 4.90 Å². The predicted octanol–water partition coefficient (Wildman–Crippen LogP) is 2.61. The molecule has 0 aromatic heterocycles. The first-order chi connectivity index (χ1) is 7.52. The lowest BCUT2D eigenvalue weighted by atomic mass is 9.85. The summed E-state index contributed by atoms with van der Waals surface area (Å²) in [4.78, 5) is 25.4. The zero-order chi connectivity index (χ0) is 13.4. The molecule has 0 aromatic carbocycles. The zero-order valence-electron chi connectivity index (χ0n) is 11.7. The molecule has 0 saturated carbocycles. The summed E-state index contributed by atoms with van der Waals surface area (Å²) in [5.41, 5.74) is -0.768. The van der Waals surface area contributed by atoms with E-state index in [1.807, 2.05) is 41.5 Å². The SMILES string of the molecule is CC(C)(C)OC(=O)N1CCC(=O)[C@H]1C(C)(C)C. The van der Waals surface area contributed by atoms with E-state index in [-0.39, 0.29) is 23.3 Å². The van der Waals surface area contributed by atoms with Crippen LogP contribution in [0.4, 0.5) is 4.79 Å². The molecule has 0 unspecified atom stereocenters. The predicted molar refractivity (Wildman–Crippen MR) is 65.8 cm³/mol. The van der Waals surface area contributed by atoms with Gasteiger partial charge in [-0.2, -0.15) is 0 Å². The van der Waals surface area contributed by atoms with Crippen molar-refractivity contribution in [1.82, 2.24) is 4.90 Å². The Morgan fingerprint density at radius 1 is 1.24 bits per heavy atom. The summed E-state index contributed by atoms with van der Waals surface area (Å²) < 4.78 is 5.33. The maximum Gasteiger partial charge on any atom is 0.410 e. The minimum atomic E-state index is -0.523. The second kappa shape index (κ2) is 4.31. The monoisotopic (exact) mass is 241 g/mol. The minimum Gasteiger partial charge on any atom is -0.444 e. The van der Waals surface area contributed by atoms with Crippen LogP contribution in [0, 0.1) is 5.41 Å². The van der Waals surface area contributed by atoms with Crippen LogP contribution >= 0.6 is 0 Å². The molecule has 0 bridgehead atoms. The Labute approximate surface area is 103 Å². The number of Topliss-reactive ketones (excluding diaryl/α,β-unsaturated/α-hetero) is 1. The first kappa shape index (κ1) is 14.0. The Morgan fingerprint density at radius 2 is 1.76 bits per heavy atom. The topological polar surface area (TPSA) is 46.6 Å². The lowest BCUT2D eigenvalue weighted by Crippen LogP contribution is -2.47. The van der Waals surface area contributed by atoms with Crippen LogP contribution in [0.1, 0.15) is 48.0 Å². The van der Waals surface area contributed by atoms with Crippen molar-refractivity contribution in [2.75, 3.05) is 6.54 Å². The van der Waals surface area contributed by atoms with Gasteiger partial charge in [-0.25, -0.2) is 4.79 Å². The third-order valence-electron chi connectivity index (χ3n) is 2.66. The zero-order valence-corrected chi connectivity index (χ0v) is 11.7. The minimum absolute atomic E-state index is 0.128. The molecule has 4 nitrogen and oxygen atoms in total. The Hall–Kier alpha value is -1.06. The van der Waals surface area contributed by atoms with Crippen molar-refractivity contribution in [2.45, 2.75) is 59.6 Å². The van der Waals surface area contributed by atoms with Crippen LogP contribution < -0.4 is 0 Å². The van der Waals surface area contributed by atoms with E-state index in [1.165, 1.54) is 0 Å². The Bertz CT molecular complexity index is 323. The van der Waals surface area contributed by atoms with Gasteiger partial charge in [0.15, 0.2) is 5.78 Å². The van der Waals surface area contributed by atoms with Crippen LogP contribution in [-0.4, -0.2) is 35.0 Å². The van der Waals surface area contributed by atoms with Crippen molar-refractivity contribution in [2.24, 2.45) is 5.41 Å². The van der Waals surface area contributed by atoms with Crippen molar-refractivity contribution in [1.29, 1.82) is 0 Å². The van der Waals surface area contributed by atoms with Crippen molar-refractivity contribution in [3.8, 4) is 0 Å². The normalized spacial score (nSPS) is 21.9. The molecule has 1 aliphatic heterocycles. The molecular formula is C13H23NO3. The van der Waals surface area contributed by atoms with E-state index >= 15 is 0 Å². The standard InChI is InChI=1S/C13H23NO3/c1-12(2,3)10-9(15)7-8-14(10)11(16)17-13(4,5)6/h10H,7-8H2,1-6H3/t10-/m0/s1. The second-order valence-electron chi connectivity index (χ2n) is 6.66. The van der Waals surface area contributed by atoms with E-state index in [2.05, 4.69) is 0 Å². The third-order valence-corrected chi connectivity index (χ3v) is 2.66. The van der Waals surface area contributed by atoms with Crippen molar-refractivity contribution in [3.63, 3.8) is 0 Å². The summed E-state index contributed by atoms with van der Waals surface area (Å²) in [7, 11) is 0. The van der Waals surface area contributed by atoms with Crippen LogP contribution in [0.5, 0.6) is 0 Å². The molecular weight excluding hydrogens is 218 g/mol. The van der Waals surface area contributed by atoms with Gasteiger partial charge < -0.3 is 4.74 Å². The molecule has 1 atom stereocenters. The van der Waals surface area contributed by atoms with Gasteiger partial charge >= 0.3 is 6.09 Å². The van der Waals surface area contributed by atoms with Crippen LogP contribution in [0.25, 0.3) is 0 Å². The van der Waals surface area contributed by atoms with Gasteiger partial charge in [-0.15, -0.1) is 0 Å². The van der Waals surface area contributed by atoms with Crippen molar-refractivity contribution < 1.29 is 14.3 Å². The summed E-state index contributed by atoms with van der Waals surface area (Å²) in [5, 5.41) is 0. The molecule has 0 aliphatic carbocycles. The maximum absolute atomic E-state index is 12.0. The highest BCUT2D eigenvalue weighted by Gasteiger charge is 2.44. The molecule has 0 spiro atoms.